The maximum Gasteiger partial charge on any atom is 0.323 e. The summed E-state index contributed by atoms with van der Waals surface area (Å²) in [6.45, 7) is 4.51. The lowest BCUT2D eigenvalue weighted by Gasteiger charge is -2.26. The second kappa shape index (κ2) is 9.99. The lowest BCUT2D eigenvalue weighted by molar-refractivity contribution is -0.142. The highest BCUT2D eigenvalue weighted by Crippen LogP contribution is 2.52. The predicted molar refractivity (Wildman–Crippen MR) is 149 cm³/mol. The first-order valence-electron chi connectivity index (χ1n) is 13.9. The number of benzene rings is 2. The monoisotopic (exact) mass is 558 g/mol. The molecule has 0 bridgehead atoms. The Balaban J connectivity index is 1.06. The molecule has 3 aliphatic rings. The predicted octanol–water partition coefficient (Wildman–Crippen LogP) is 3.96. The molecule has 3 atom stereocenters. The highest BCUT2D eigenvalue weighted by Gasteiger charge is 2.47. The summed E-state index contributed by atoms with van der Waals surface area (Å²) in [7, 11) is 1.37. The smallest absolute Gasteiger partial charge is 0.323 e. The van der Waals surface area contributed by atoms with Crippen molar-refractivity contribution >= 4 is 22.8 Å². The van der Waals surface area contributed by atoms with Crippen molar-refractivity contribution < 1.29 is 18.7 Å². The second-order valence-electron chi connectivity index (χ2n) is 11.6. The average Bonchev–Trinajstić information content (AvgIpc) is 3.29. The van der Waals surface area contributed by atoms with Crippen LogP contribution in [0.15, 0.2) is 53.7 Å². The molecule has 2 saturated heterocycles. The highest BCUT2D eigenvalue weighted by molar-refractivity contribution is 5.77. The summed E-state index contributed by atoms with van der Waals surface area (Å²) in [6, 6.07) is 10.5. The maximum atomic E-state index is 14.2. The van der Waals surface area contributed by atoms with Gasteiger partial charge in [0.15, 0.2) is 11.6 Å². The number of H-pyrrole nitrogens is 2. The number of halogens is 1. The molecule has 212 valence electrons. The molecule has 2 aliphatic heterocycles. The molecular weight excluding hydrogens is 527 g/mol. The first kappa shape index (κ1) is 25.7. The van der Waals surface area contributed by atoms with E-state index in [0.29, 0.717) is 29.3 Å². The number of likely N-dealkylation sites (tertiary alicyclic amines) is 1. The molecule has 0 radical (unpaired) electrons. The number of imidazole rings is 1. The van der Waals surface area contributed by atoms with E-state index in [-0.39, 0.29) is 34.7 Å². The summed E-state index contributed by atoms with van der Waals surface area (Å²) >= 11 is 0. The van der Waals surface area contributed by atoms with E-state index in [2.05, 4.69) is 35.8 Å². The van der Waals surface area contributed by atoms with Gasteiger partial charge in [-0.1, -0.05) is 6.07 Å². The largest absolute Gasteiger partial charge is 0.469 e. The number of fused-ring (bicyclic) bond motifs is 1. The van der Waals surface area contributed by atoms with Crippen molar-refractivity contribution in [3.8, 4) is 11.5 Å². The highest BCUT2D eigenvalue weighted by atomic mass is 19.1. The summed E-state index contributed by atoms with van der Waals surface area (Å²) in [5.74, 6) is 0.637. The van der Waals surface area contributed by atoms with Gasteiger partial charge in [0.2, 0.25) is 0 Å². The molecule has 11 heteroatoms. The number of aromatic amines is 2. The molecule has 2 aromatic heterocycles. The van der Waals surface area contributed by atoms with Gasteiger partial charge in [0.05, 0.1) is 30.3 Å². The van der Waals surface area contributed by atoms with Gasteiger partial charge in [-0.15, -0.1) is 0 Å². The maximum absolute atomic E-state index is 14.2. The van der Waals surface area contributed by atoms with Gasteiger partial charge < -0.3 is 24.3 Å². The van der Waals surface area contributed by atoms with Crippen LogP contribution in [0.25, 0.3) is 11.0 Å². The van der Waals surface area contributed by atoms with Crippen LogP contribution in [-0.2, 0) is 16.1 Å². The van der Waals surface area contributed by atoms with Crippen molar-refractivity contribution in [3.63, 3.8) is 0 Å². The quantitative estimate of drug-likeness (QED) is 0.328. The molecule has 2 N–H and O–H groups in total. The fourth-order valence-corrected chi connectivity index (χ4v) is 6.64. The van der Waals surface area contributed by atoms with Crippen molar-refractivity contribution in [2.75, 3.05) is 38.2 Å². The number of carbonyl (C=O) groups is 1. The van der Waals surface area contributed by atoms with E-state index < -0.39 is 0 Å². The van der Waals surface area contributed by atoms with Gasteiger partial charge in [-0.2, -0.15) is 0 Å². The summed E-state index contributed by atoms with van der Waals surface area (Å²) < 4.78 is 25.4. The molecule has 4 heterocycles. The van der Waals surface area contributed by atoms with Crippen LogP contribution in [0, 0.1) is 17.2 Å². The molecular formula is C30H31FN6O4. The number of rotatable bonds is 7. The lowest BCUT2D eigenvalue weighted by atomic mass is 9.86. The first-order valence-corrected chi connectivity index (χ1v) is 13.9. The lowest BCUT2D eigenvalue weighted by Crippen LogP contribution is -2.31. The third kappa shape index (κ3) is 4.94. The van der Waals surface area contributed by atoms with Crippen molar-refractivity contribution in [2.24, 2.45) is 11.3 Å². The summed E-state index contributed by atoms with van der Waals surface area (Å²) in [5, 5.41) is 0. The van der Waals surface area contributed by atoms with Gasteiger partial charge >= 0.3 is 11.7 Å². The molecule has 3 unspecified atom stereocenters. The summed E-state index contributed by atoms with van der Waals surface area (Å²) in [4.78, 5) is 42.8. The van der Waals surface area contributed by atoms with Crippen molar-refractivity contribution in [1.82, 2.24) is 24.8 Å². The molecule has 0 amide bonds. The standard InChI is InChI=1S/C30H31FN6O4/c1-40-28(38)22-12-20(22)21-11-19(31)3-5-25(21)41-26-13-32-17-33-27(26)37-9-7-30(16-37)6-8-36(15-30)14-18-2-4-23-24(10-18)35-29(39)34-23/h2-5,10-11,13,17,20,22H,6-9,12,14-16H2,1H3,(H2,34,35,39). The van der Waals surface area contributed by atoms with Crippen LogP contribution in [0.3, 0.4) is 0 Å². The number of carbonyl (C=O) groups excluding carboxylic acids is 1. The molecule has 41 heavy (non-hydrogen) atoms. The number of nitrogens with one attached hydrogen (secondary N) is 2. The van der Waals surface area contributed by atoms with Crippen LogP contribution in [-0.4, -0.2) is 64.1 Å². The van der Waals surface area contributed by atoms with Crippen LogP contribution in [0.4, 0.5) is 10.2 Å². The number of methoxy groups -OCH3 is 1. The minimum absolute atomic E-state index is 0.140. The number of anilines is 1. The van der Waals surface area contributed by atoms with E-state index in [0.717, 1.165) is 56.6 Å². The number of aromatic nitrogens is 4. The summed E-state index contributed by atoms with van der Waals surface area (Å²) in [5.41, 5.74) is 3.44. The van der Waals surface area contributed by atoms with Gasteiger partial charge in [-0.3, -0.25) is 9.69 Å². The van der Waals surface area contributed by atoms with Crippen molar-refractivity contribution in [1.29, 1.82) is 0 Å². The Morgan fingerprint density at radius 1 is 1.10 bits per heavy atom. The third-order valence-corrected chi connectivity index (χ3v) is 8.79. The van der Waals surface area contributed by atoms with Gasteiger partial charge in [-0.05, 0) is 61.7 Å². The average molecular weight is 559 g/mol. The van der Waals surface area contributed by atoms with E-state index >= 15 is 0 Å². The Bertz CT molecular complexity index is 1690. The van der Waals surface area contributed by atoms with Crippen LogP contribution in [0.2, 0.25) is 0 Å². The molecule has 3 fully saturated rings. The Morgan fingerprint density at radius 2 is 1.95 bits per heavy atom. The minimum atomic E-state index is -0.374. The van der Waals surface area contributed by atoms with Gasteiger partial charge in [-0.25, -0.2) is 19.2 Å². The Labute approximate surface area is 235 Å². The van der Waals surface area contributed by atoms with Gasteiger partial charge in [0, 0.05) is 43.1 Å². The third-order valence-electron chi connectivity index (χ3n) is 8.79. The Morgan fingerprint density at radius 3 is 2.83 bits per heavy atom. The van der Waals surface area contributed by atoms with Crippen molar-refractivity contribution in [2.45, 2.75) is 31.7 Å². The van der Waals surface area contributed by atoms with E-state index in [1.54, 1.807) is 12.3 Å². The molecule has 10 nitrogen and oxygen atoms in total. The normalized spacial score (nSPS) is 23.9. The summed E-state index contributed by atoms with van der Waals surface area (Å²) in [6.07, 6.45) is 5.91. The fraction of sp³-hybridized carbons (Fsp3) is 0.400. The van der Waals surface area contributed by atoms with Crippen LogP contribution < -0.4 is 15.3 Å². The fourth-order valence-electron chi connectivity index (χ4n) is 6.64. The zero-order valence-corrected chi connectivity index (χ0v) is 22.7. The van der Waals surface area contributed by atoms with E-state index in [4.69, 9.17) is 9.47 Å². The molecule has 7 rings (SSSR count). The number of esters is 1. The second-order valence-corrected chi connectivity index (χ2v) is 11.6. The zero-order valence-electron chi connectivity index (χ0n) is 22.7. The van der Waals surface area contributed by atoms with Crippen molar-refractivity contribution in [3.05, 3.63) is 76.4 Å². The SMILES string of the molecule is COC(=O)C1CC1c1cc(F)ccc1Oc1cncnc1N1CCC2(CCN(Cc3ccc4[nH]c(=O)[nH]c4c3)C2)C1. The number of nitrogens with zero attached hydrogens (tertiary/aromatic N) is 4. The van der Waals surface area contributed by atoms with E-state index in [1.165, 1.54) is 31.1 Å². The van der Waals surface area contributed by atoms with E-state index in [9.17, 15) is 14.0 Å². The van der Waals surface area contributed by atoms with Crippen LogP contribution in [0.1, 0.15) is 36.3 Å². The minimum Gasteiger partial charge on any atom is -0.469 e. The number of hydrogen-bond acceptors (Lipinski definition) is 8. The van der Waals surface area contributed by atoms with Crippen LogP contribution in [0.5, 0.6) is 11.5 Å². The number of ether oxygens (including phenoxy) is 2. The molecule has 4 aromatic rings. The Kier molecular flexibility index (Phi) is 6.26. The molecule has 2 aromatic carbocycles. The molecule has 1 aliphatic carbocycles. The molecule has 1 spiro atoms. The number of hydrogen-bond donors (Lipinski definition) is 2. The topological polar surface area (TPSA) is 116 Å². The van der Waals surface area contributed by atoms with E-state index in [1.807, 2.05) is 12.1 Å². The van der Waals surface area contributed by atoms with Crippen LogP contribution >= 0.6 is 0 Å². The molecule has 1 saturated carbocycles. The first-order chi connectivity index (χ1) is 19.9. The van der Waals surface area contributed by atoms with Gasteiger partial charge in [0.1, 0.15) is 17.9 Å². The van der Waals surface area contributed by atoms with Gasteiger partial charge in [0.25, 0.3) is 0 Å². The zero-order chi connectivity index (χ0) is 28.1. The Hall–Kier alpha value is -4.25.